The van der Waals surface area contributed by atoms with Crippen molar-refractivity contribution in [2.75, 3.05) is 20.5 Å². The van der Waals surface area contributed by atoms with Gasteiger partial charge < -0.3 is 28.6 Å². The molecule has 2 aliphatic carbocycles. The molecule has 0 aliphatic heterocycles. The smallest absolute Gasteiger partial charge is 0.294 e. The van der Waals surface area contributed by atoms with Gasteiger partial charge in [-0.25, -0.2) is 0 Å². The van der Waals surface area contributed by atoms with Crippen LogP contribution in [0.2, 0.25) is 0 Å². The van der Waals surface area contributed by atoms with Gasteiger partial charge in [0.25, 0.3) is 10.2 Å². The molecule has 0 bridgehead atoms. The van der Waals surface area contributed by atoms with Crippen molar-refractivity contribution in [2.24, 2.45) is 5.92 Å². The zero-order valence-corrected chi connectivity index (χ0v) is 18.3. The van der Waals surface area contributed by atoms with Crippen LogP contribution in [0, 0.1) is 26.1 Å². The van der Waals surface area contributed by atoms with Crippen molar-refractivity contribution in [2.45, 2.75) is 90.0 Å². The molecule has 0 heterocycles. The molecule has 0 aromatic rings. The van der Waals surface area contributed by atoms with Gasteiger partial charge in [-0.3, -0.25) is 0 Å². The Morgan fingerprint density at radius 1 is 0.900 bits per heavy atom. The summed E-state index contributed by atoms with van der Waals surface area (Å²) >= 11 is 0. The van der Waals surface area contributed by atoms with Gasteiger partial charge in [0, 0.05) is 33.0 Å². The van der Waals surface area contributed by atoms with Crippen LogP contribution >= 0.6 is 0 Å². The van der Waals surface area contributed by atoms with Crippen LogP contribution in [-0.2, 0) is 28.6 Å². The average Bonchev–Trinajstić information content (AvgIpc) is 3.17. The normalized spacial score (nSPS) is 30.6. The maximum atomic E-state index is 10.2. The minimum atomic E-state index is -0.773. The second-order valence-electron chi connectivity index (χ2n) is 7.63. The Balaban J connectivity index is 0.000000303. The number of nitrogens with zero attached hydrogens (tertiary/aromatic N) is 2. The molecule has 176 valence electrons. The second-order valence-corrected chi connectivity index (χ2v) is 7.63. The first-order valence-corrected chi connectivity index (χ1v) is 10.2. The quantitative estimate of drug-likeness (QED) is 0.268. The van der Waals surface area contributed by atoms with Crippen LogP contribution in [0.1, 0.15) is 53.4 Å². The molecular formula is C18H34N2O10. The van der Waals surface area contributed by atoms with E-state index in [1.54, 1.807) is 0 Å². The van der Waals surface area contributed by atoms with Crippen LogP contribution in [0.3, 0.4) is 0 Å². The van der Waals surface area contributed by atoms with E-state index in [0.717, 1.165) is 6.42 Å². The number of rotatable bonds is 11. The predicted molar refractivity (Wildman–Crippen MR) is 104 cm³/mol. The summed E-state index contributed by atoms with van der Waals surface area (Å²) in [6.07, 6.45) is 1.57. The van der Waals surface area contributed by atoms with E-state index in [4.69, 9.17) is 18.9 Å². The average molecular weight is 438 g/mol. The van der Waals surface area contributed by atoms with E-state index in [-0.39, 0.29) is 43.2 Å². The second kappa shape index (κ2) is 13.5. The molecule has 0 spiro atoms. The third-order valence-electron chi connectivity index (χ3n) is 5.02. The zero-order valence-electron chi connectivity index (χ0n) is 18.3. The van der Waals surface area contributed by atoms with Crippen LogP contribution in [0.15, 0.2) is 0 Å². The van der Waals surface area contributed by atoms with Gasteiger partial charge in [-0.15, -0.1) is 20.2 Å². The molecule has 2 rings (SSSR count). The third kappa shape index (κ3) is 9.83. The van der Waals surface area contributed by atoms with Gasteiger partial charge in [-0.05, 0) is 33.1 Å². The monoisotopic (exact) mass is 438 g/mol. The SMILES string of the molecule is CC(C)OCOC1CC(C)C(O[N+](=O)[O-])C1.CCOC1CC(OC)C(O[N+](=O)[O-])C1. The summed E-state index contributed by atoms with van der Waals surface area (Å²) in [6.45, 7) is 8.52. The predicted octanol–water partition coefficient (Wildman–Crippen LogP) is 2.54. The fraction of sp³-hybridized carbons (Fsp3) is 1.00. The van der Waals surface area contributed by atoms with Crippen LogP contribution in [-0.4, -0.2) is 67.3 Å². The maximum Gasteiger partial charge on any atom is 0.294 e. The molecule has 0 saturated heterocycles. The highest BCUT2D eigenvalue weighted by molar-refractivity contribution is 4.85. The molecule has 2 saturated carbocycles. The fourth-order valence-corrected chi connectivity index (χ4v) is 3.58. The highest BCUT2D eigenvalue weighted by Crippen LogP contribution is 2.30. The van der Waals surface area contributed by atoms with E-state index in [0.29, 0.717) is 25.9 Å². The molecule has 0 aromatic heterocycles. The molecule has 0 amide bonds. The number of hydrogen-bond acceptors (Lipinski definition) is 10. The Labute approximate surface area is 176 Å². The number of methoxy groups -OCH3 is 1. The van der Waals surface area contributed by atoms with Gasteiger partial charge in [-0.2, -0.15) is 0 Å². The summed E-state index contributed by atoms with van der Waals surface area (Å²) in [4.78, 5) is 29.5. The van der Waals surface area contributed by atoms with E-state index < -0.39 is 16.3 Å². The summed E-state index contributed by atoms with van der Waals surface area (Å²) in [7, 11) is 1.52. The summed E-state index contributed by atoms with van der Waals surface area (Å²) < 4.78 is 21.2. The molecule has 2 fully saturated rings. The van der Waals surface area contributed by atoms with E-state index in [2.05, 4.69) is 9.68 Å². The molecule has 6 atom stereocenters. The summed E-state index contributed by atoms with van der Waals surface area (Å²) in [5.41, 5.74) is 0. The van der Waals surface area contributed by atoms with Crippen LogP contribution < -0.4 is 0 Å². The van der Waals surface area contributed by atoms with Crippen LogP contribution in [0.5, 0.6) is 0 Å². The standard InChI is InChI=1S/C10H19NO5.C8H15NO5/c1-7(2)14-6-15-9-4-8(3)10(5-9)16-11(12)13;1-3-13-6-4-7(12-2)8(5-6)14-9(10)11/h7-10H,4-6H2,1-3H3;6-8H,3-5H2,1-2H3. The molecule has 2 aliphatic rings. The van der Waals surface area contributed by atoms with Crippen molar-refractivity contribution in [3.63, 3.8) is 0 Å². The van der Waals surface area contributed by atoms with Gasteiger partial charge in [0.1, 0.15) is 19.0 Å². The van der Waals surface area contributed by atoms with E-state index in [1.165, 1.54) is 7.11 Å². The van der Waals surface area contributed by atoms with E-state index >= 15 is 0 Å². The lowest BCUT2D eigenvalue weighted by molar-refractivity contribution is -0.770. The minimum Gasteiger partial charge on any atom is -0.379 e. The number of ether oxygens (including phenoxy) is 4. The van der Waals surface area contributed by atoms with Gasteiger partial charge in [0.05, 0.1) is 24.4 Å². The Morgan fingerprint density at radius 2 is 1.43 bits per heavy atom. The molecule has 0 aromatic carbocycles. The summed E-state index contributed by atoms with van der Waals surface area (Å²) in [6, 6.07) is 0. The van der Waals surface area contributed by atoms with Crippen molar-refractivity contribution in [3.05, 3.63) is 20.2 Å². The Morgan fingerprint density at radius 3 is 1.97 bits per heavy atom. The van der Waals surface area contributed by atoms with Crippen LogP contribution in [0.25, 0.3) is 0 Å². The van der Waals surface area contributed by atoms with Crippen LogP contribution in [0.4, 0.5) is 0 Å². The van der Waals surface area contributed by atoms with E-state index in [9.17, 15) is 20.2 Å². The first-order chi connectivity index (χ1) is 14.2. The summed E-state index contributed by atoms with van der Waals surface area (Å²) in [5.74, 6) is 0.148. The Kier molecular flexibility index (Phi) is 11.8. The van der Waals surface area contributed by atoms with Crippen molar-refractivity contribution in [1.29, 1.82) is 0 Å². The van der Waals surface area contributed by atoms with Crippen molar-refractivity contribution in [3.8, 4) is 0 Å². The molecule has 0 N–H and O–H groups in total. The molecular weight excluding hydrogens is 404 g/mol. The van der Waals surface area contributed by atoms with E-state index in [1.807, 2.05) is 27.7 Å². The first kappa shape index (κ1) is 26.3. The van der Waals surface area contributed by atoms with Gasteiger partial charge in [0.2, 0.25) is 0 Å². The lowest BCUT2D eigenvalue weighted by Gasteiger charge is -2.14. The van der Waals surface area contributed by atoms with Crippen molar-refractivity contribution >= 4 is 0 Å². The maximum absolute atomic E-state index is 10.2. The topological polar surface area (TPSA) is 142 Å². The van der Waals surface area contributed by atoms with Crippen molar-refractivity contribution in [1.82, 2.24) is 0 Å². The fourth-order valence-electron chi connectivity index (χ4n) is 3.58. The summed E-state index contributed by atoms with van der Waals surface area (Å²) in [5, 5.41) is 18.9. The highest BCUT2D eigenvalue weighted by atomic mass is 17.0. The van der Waals surface area contributed by atoms with Gasteiger partial charge in [0.15, 0.2) is 0 Å². The molecule has 6 unspecified atom stereocenters. The Hall–Kier alpha value is -1.76. The molecule has 0 radical (unpaired) electrons. The van der Waals surface area contributed by atoms with Crippen molar-refractivity contribution < 1.29 is 38.8 Å². The largest absolute Gasteiger partial charge is 0.379 e. The Bertz CT molecular complexity index is 521. The lowest BCUT2D eigenvalue weighted by atomic mass is 10.1. The number of hydrogen-bond donors (Lipinski definition) is 0. The van der Waals surface area contributed by atoms with Gasteiger partial charge >= 0.3 is 0 Å². The highest BCUT2D eigenvalue weighted by Gasteiger charge is 2.37. The molecule has 12 heteroatoms. The molecule has 30 heavy (non-hydrogen) atoms. The first-order valence-electron chi connectivity index (χ1n) is 10.2. The third-order valence-corrected chi connectivity index (χ3v) is 5.02. The van der Waals surface area contributed by atoms with Gasteiger partial charge in [-0.1, -0.05) is 6.92 Å². The molecule has 12 nitrogen and oxygen atoms in total. The minimum absolute atomic E-state index is 0.00120. The zero-order chi connectivity index (χ0) is 22.7. The lowest BCUT2D eigenvalue weighted by Crippen LogP contribution is -2.27.